The van der Waals surface area contributed by atoms with Crippen molar-refractivity contribution in [1.82, 2.24) is 4.90 Å². The van der Waals surface area contributed by atoms with Crippen molar-refractivity contribution in [2.75, 3.05) is 12.3 Å². The highest BCUT2D eigenvalue weighted by atomic mass is 79.9. The van der Waals surface area contributed by atoms with Crippen LogP contribution in [0.1, 0.15) is 23.1 Å². The zero-order valence-corrected chi connectivity index (χ0v) is 11.9. The van der Waals surface area contributed by atoms with Gasteiger partial charge in [0.05, 0.1) is 9.54 Å². The van der Waals surface area contributed by atoms with Crippen molar-refractivity contribution in [3.63, 3.8) is 0 Å². The number of carbonyl (C=O) groups is 1. The van der Waals surface area contributed by atoms with Gasteiger partial charge in [-0.1, -0.05) is 0 Å². The van der Waals surface area contributed by atoms with Crippen LogP contribution in [0.4, 0.5) is 0 Å². The summed E-state index contributed by atoms with van der Waals surface area (Å²) in [5.41, 5.74) is 0. The maximum absolute atomic E-state index is 11.8. The molecule has 2 fully saturated rings. The molecule has 1 aromatic heterocycles. The number of nitrogens with zero attached hydrogens (tertiary/aromatic N) is 1. The fraction of sp³-hybridized carbons (Fsp3) is 0.545. The molecule has 2 aliphatic rings. The molecule has 1 amide bonds. The molecule has 5 heteroatoms. The zero-order chi connectivity index (χ0) is 11.1. The molecule has 0 spiro atoms. The molecule has 1 atom stereocenters. The molecule has 16 heavy (non-hydrogen) atoms. The van der Waals surface area contributed by atoms with Gasteiger partial charge >= 0.3 is 0 Å². The summed E-state index contributed by atoms with van der Waals surface area (Å²) >= 11 is 6.98. The van der Waals surface area contributed by atoms with Gasteiger partial charge in [0.15, 0.2) is 0 Å². The van der Waals surface area contributed by atoms with Gasteiger partial charge in [0.25, 0.3) is 0 Å². The Balaban J connectivity index is 1.79. The van der Waals surface area contributed by atoms with Crippen molar-refractivity contribution < 1.29 is 4.79 Å². The Hall–Kier alpha value is -0.0000000000000000278. The Kier molecular flexibility index (Phi) is 3.02. The lowest BCUT2D eigenvalue weighted by molar-refractivity contribution is -0.128. The molecule has 86 valence electrons. The maximum atomic E-state index is 11.8. The van der Waals surface area contributed by atoms with E-state index in [0.29, 0.717) is 11.7 Å². The third kappa shape index (κ3) is 2.17. The molecule has 1 aliphatic heterocycles. The van der Waals surface area contributed by atoms with Gasteiger partial charge < -0.3 is 4.90 Å². The Morgan fingerprint density at radius 1 is 1.44 bits per heavy atom. The van der Waals surface area contributed by atoms with E-state index in [1.807, 2.05) is 0 Å². The molecule has 0 N–H and O–H groups in total. The average Bonchev–Trinajstić information content (AvgIpc) is 2.87. The van der Waals surface area contributed by atoms with Crippen LogP contribution in [0.5, 0.6) is 0 Å². The van der Waals surface area contributed by atoms with Crippen molar-refractivity contribution in [2.24, 2.45) is 5.92 Å². The predicted molar refractivity (Wildman–Crippen MR) is 71.7 cm³/mol. The molecule has 0 bridgehead atoms. The number of thiophene rings is 1. The van der Waals surface area contributed by atoms with Crippen LogP contribution in [0.25, 0.3) is 0 Å². The van der Waals surface area contributed by atoms with Gasteiger partial charge in [-0.15, -0.1) is 23.1 Å². The van der Waals surface area contributed by atoms with Crippen molar-refractivity contribution in [3.05, 3.63) is 20.8 Å². The van der Waals surface area contributed by atoms with E-state index in [1.165, 1.54) is 17.7 Å². The summed E-state index contributed by atoms with van der Waals surface area (Å²) in [5.74, 6) is 1.73. The van der Waals surface area contributed by atoms with Crippen LogP contribution < -0.4 is 0 Å². The molecule has 2 heterocycles. The normalized spacial score (nSPS) is 25.4. The van der Waals surface area contributed by atoms with Crippen molar-refractivity contribution in [1.29, 1.82) is 0 Å². The molecule has 1 unspecified atom stereocenters. The molecule has 0 aromatic carbocycles. The third-order valence-corrected chi connectivity index (χ3v) is 6.02. The number of hydrogen-bond acceptors (Lipinski definition) is 3. The summed E-state index contributed by atoms with van der Waals surface area (Å²) in [4.78, 5) is 15.2. The fourth-order valence-electron chi connectivity index (χ4n) is 1.93. The van der Waals surface area contributed by atoms with Crippen LogP contribution >= 0.6 is 39.0 Å². The van der Waals surface area contributed by atoms with Gasteiger partial charge in [0.1, 0.15) is 5.37 Å². The van der Waals surface area contributed by atoms with E-state index in [4.69, 9.17) is 0 Å². The fourth-order valence-corrected chi connectivity index (χ4v) is 4.79. The minimum absolute atomic E-state index is 0.268. The van der Waals surface area contributed by atoms with Crippen LogP contribution in [0, 0.1) is 5.92 Å². The molecule has 0 radical (unpaired) electrons. The van der Waals surface area contributed by atoms with E-state index in [2.05, 4.69) is 33.0 Å². The standard InChI is InChI=1S/C11H12BrNOS2/c12-9-4-3-8(16-9)11-13(5-7-1-2-7)10(14)6-15-11/h3-4,7,11H,1-2,5-6H2. The Morgan fingerprint density at radius 3 is 2.88 bits per heavy atom. The predicted octanol–water partition coefficient (Wildman–Crippen LogP) is 3.49. The number of rotatable bonds is 3. The average molecular weight is 318 g/mol. The summed E-state index contributed by atoms with van der Waals surface area (Å²) in [7, 11) is 0. The van der Waals surface area contributed by atoms with E-state index in [-0.39, 0.29) is 5.37 Å². The number of amides is 1. The van der Waals surface area contributed by atoms with Crippen LogP contribution in [-0.4, -0.2) is 23.1 Å². The first kappa shape index (κ1) is 11.1. The molecule has 3 rings (SSSR count). The number of halogens is 1. The molecule has 1 aliphatic carbocycles. The first-order valence-electron chi connectivity index (χ1n) is 5.40. The lowest BCUT2D eigenvalue weighted by Crippen LogP contribution is -2.29. The van der Waals surface area contributed by atoms with Gasteiger partial charge in [-0.25, -0.2) is 0 Å². The Morgan fingerprint density at radius 2 is 2.25 bits per heavy atom. The number of thioether (sulfide) groups is 1. The summed E-state index contributed by atoms with van der Waals surface area (Å²) in [5, 5.41) is 0.268. The van der Waals surface area contributed by atoms with Crippen LogP contribution in [0.2, 0.25) is 0 Å². The molecule has 1 saturated heterocycles. The SMILES string of the molecule is O=C1CSC(c2ccc(Br)s2)N1CC1CC1. The third-order valence-electron chi connectivity index (χ3n) is 2.96. The summed E-state index contributed by atoms with van der Waals surface area (Å²) in [6.07, 6.45) is 2.60. The molecular weight excluding hydrogens is 306 g/mol. The first-order chi connectivity index (χ1) is 7.74. The van der Waals surface area contributed by atoms with E-state index >= 15 is 0 Å². The molecular formula is C11H12BrNOS2. The van der Waals surface area contributed by atoms with E-state index in [0.717, 1.165) is 16.2 Å². The second-order valence-electron chi connectivity index (χ2n) is 4.29. The van der Waals surface area contributed by atoms with Crippen molar-refractivity contribution in [3.8, 4) is 0 Å². The van der Waals surface area contributed by atoms with Gasteiger partial charge in [-0.2, -0.15) is 0 Å². The number of carbonyl (C=O) groups excluding carboxylic acids is 1. The second kappa shape index (κ2) is 4.35. The van der Waals surface area contributed by atoms with Crippen molar-refractivity contribution in [2.45, 2.75) is 18.2 Å². The van der Waals surface area contributed by atoms with Crippen molar-refractivity contribution >= 4 is 44.9 Å². The first-order valence-corrected chi connectivity index (χ1v) is 8.06. The Bertz CT molecular complexity index is 416. The van der Waals surface area contributed by atoms with E-state index in [9.17, 15) is 4.79 Å². The van der Waals surface area contributed by atoms with Crippen LogP contribution in [0.15, 0.2) is 15.9 Å². The summed E-state index contributed by atoms with van der Waals surface area (Å²) in [6, 6.07) is 4.20. The van der Waals surface area contributed by atoms with Gasteiger partial charge in [0.2, 0.25) is 5.91 Å². The van der Waals surface area contributed by atoms with Gasteiger partial charge in [-0.05, 0) is 46.8 Å². The van der Waals surface area contributed by atoms with Gasteiger partial charge in [-0.3, -0.25) is 4.79 Å². The monoisotopic (exact) mass is 317 g/mol. The minimum Gasteiger partial charge on any atom is -0.325 e. The largest absolute Gasteiger partial charge is 0.325 e. The highest BCUT2D eigenvalue weighted by Gasteiger charge is 2.37. The number of hydrogen-bond donors (Lipinski definition) is 0. The second-order valence-corrected chi connectivity index (χ2v) is 7.86. The van der Waals surface area contributed by atoms with E-state index in [1.54, 1.807) is 23.1 Å². The maximum Gasteiger partial charge on any atom is 0.233 e. The molecule has 1 saturated carbocycles. The van der Waals surface area contributed by atoms with Crippen LogP contribution in [0.3, 0.4) is 0 Å². The minimum atomic E-state index is 0.268. The molecule has 1 aromatic rings. The lowest BCUT2D eigenvalue weighted by Gasteiger charge is -2.22. The highest BCUT2D eigenvalue weighted by molar-refractivity contribution is 9.11. The smallest absolute Gasteiger partial charge is 0.233 e. The summed E-state index contributed by atoms with van der Waals surface area (Å²) in [6.45, 7) is 0.964. The van der Waals surface area contributed by atoms with E-state index < -0.39 is 0 Å². The quantitative estimate of drug-likeness (QED) is 0.850. The van der Waals surface area contributed by atoms with Gasteiger partial charge in [0, 0.05) is 11.4 Å². The van der Waals surface area contributed by atoms with Crippen LogP contribution in [-0.2, 0) is 4.79 Å². The zero-order valence-electron chi connectivity index (χ0n) is 8.69. The highest BCUT2D eigenvalue weighted by Crippen LogP contribution is 2.44. The summed E-state index contributed by atoms with van der Waals surface area (Å²) < 4.78 is 1.15. The Labute approximate surface area is 112 Å². The lowest BCUT2D eigenvalue weighted by atomic mass is 10.3. The topological polar surface area (TPSA) is 20.3 Å². The molecule has 2 nitrogen and oxygen atoms in total.